The molecule has 0 saturated heterocycles. The number of fused-ring (bicyclic) bond motifs is 1. The molecule has 0 saturated carbocycles. The minimum absolute atomic E-state index is 0.0497. The van der Waals surface area contributed by atoms with Crippen LogP contribution in [0.15, 0.2) is 42.5 Å². The third-order valence-electron chi connectivity index (χ3n) is 6.20. The summed E-state index contributed by atoms with van der Waals surface area (Å²) in [5.74, 6) is -0.251. The number of aliphatic hydroxyl groups excluding tert-OH is 1. The molecular formula is C26H37N5O3. The zero-order valence-corrected chi connectivity index (χ0v) is 20.7. The van der Waals surface area contributed by atoms with E-state index < -0.39 is 6.10 Å². The normalized spacial score (nSPS) is 13.9. The van der Waals surface area contributed by atoms with Crippen molar-refractivity contribution in [1.82, 2.24) is 20.7 Å². The van der Waals surface area contributed by atoms with Crippen LogP contribution in [0, 0.1) is 6.92 Å². The van der Waals surface area contributed by atoms with Gasteiger partial charge in [-0.2, -0.15) is 0 Å². The molecule has 184 valence electrons. The molecule has 2 aromatic carbocycles. The molecule has 2 aromatic rings. The van der Waals surface area contributed by atoms with E-state index in [9.17, 15) is 14.7 Å². The molecule has 1 unspecified atom stereocenters. The maximum Gasteiger partial charge on any atom is 0.256 e. The smallest absolute Gasteiger partial charge is 0.256 e. The van der Waals surface area contributed by atoms with Gasteiger partial charge in [0.15, 0.2) is 0 Å². The maximum atomic E-state index is 13.3. The van der Waals surface area contributed by atoms with Crippen molar-refractivity contribution >= 4 is 17.5 Å². The molecule has 34 heavy (non-hydrogen) atoms. The lowest BCUT2D eigenvalue weighted by molar-refractivity contribution is -0.145. The van der Waals surface area contributed by atoms with Crippen LogP contribution in [-0.4, -0.2) is 66.7 Å². The number of hydrogen-bond acceptors (Lipinski definition) is 6. The van der Waals surface area contributed by atoms with Crippen LogP contribution in [0.1, 0.15) is 42.2 Å². The molecule has 0 bridgehead atoms. The summed E-state index contributed by atoms with van der Waals surface area (Å²) in [6, 6.07) is 13.8. The van der Waals surface area contributed by atoms with Gasteiger partial charge in [0.1, 0.15) is 0 Å². The molecule has 0 aromatic heterocycles. The molecular weight excluding hydrogens is 430 g/mol. The first kappa shape index (κ1) is 25.7. The van der Waals surface area contributed by atoms with Crippen molar-refractivity contribution in [3.05, 3.63) is 64.7 Å². The molecule has 2 amide bonds. The summed E-state index contributed by atoms with van der Waals surface area (Å²) in [5, 5.41) is 19.9. The van der Waals surface area contributed by atoms with Crippen LogP contribution < -0.4 is 15.5 Å². The van der Waals surface area contributed by atoms with Gasteiger partial charge in [0, 0.05) is 38.9 Å². The van der Waals surface area contributed by atoms with Crippen molar-refractivity contribution in [2.24, 2.45) is 0 Å². The first-order valence-corrected chi connectivity index (χ1v) is 11.9. The third-order valence-corrected chi connectivity index (χ3v) is 6.20. The number of likely N-dealkylation sites (N-methyl/N-ethyl adjacent to an activating group) is 2. The Morgan fingerprint density at radius 3 is 2.38 bits per heavy atom. The Kier molecular flexibility index (Phi) is 9.04. The predicted molar refractivity (Wildman–Crippen MR) is 134 cm³/mol. The topological polar surface area (TPSA) is 88.1 Å². The van der Waals surface area contributed by atoms with Crippen molar-refractivity contribution in [2.45, 2.75) is 40.0 Å². The summed E-state index contributed by atoms with van der Waals surface area (Å²) in [6.07, 6.45) is -0.642. The molecule has 1 atom stereocenters. The number of amides is 2. The van der Waals surface area contributed by atoms with Crippen LogP contribution in [0.5, 0.6) is 0 Å². The Labute approximate surface area is 202 Å². The number of nitrogens with one attached hydrogen (secondary N) is 2. The molecule has 0 fully saturated rings. The maximum absolute atomic E-state index is 13.3. The summed E-state index contributed by atoms with van der Waals surface area (Å²) in [5.41, 5.74) is 4.90. The Morgan fingerprint density at radius 1 is 1.09 bits per heavy atom. The van der Waals surface area contributed by atoms with Gasteiger partial charge in [0.2, 0.25) is 5.91 Å². The molecule has 0 spiro atoms. The SMILES string of the molecule is CCNCCNC(=O)CN(CC(=O)N(C)N1Cc2ccccc2C1)c1cc(C(C)O)ccc1C. The zero-order valence-electron chi connectivity index (χ0n) is 20.7. The number of hydrazine groups is 1. The monoisotopic (exact) mass is 467 g/mol. The van der Waals surface area contributed by atoms with Crippen LogP contribution >= 0.6 is 0 Å². The lowest BCUT2D eigenvalue weighted by atomic mass is 10.1. The van der Waals surface area contributed by atoms with E-state index in [4.69, 9.17) is 0 Å². The lowest BCUT2D eigenvalue weighted by Gasteiger charge is -2.32. The second kappa shape index (κ2) is 12.0. The van der Waals surface area contributed by atoms with E-state index in [-0.39, 0.29) is 24.9 Å². The van der Waals surface area contributed by atoms with Gasteiger partial charge in [0.25, 0.3) is 5.91 Å². The van der Waals surface area contributed by atoms with E-state index in [1.165, 1.54) is 11.1 Å². The van der Waals surface area contributed by atoms with Crippen molar-refractivity contribution in [3.8, 4) is 0 Å². The molecule has 3 N–H and O–H groups in total. The van der Waals surface area contributed by atoms with Crippen molar-refractivity contribution in [1.29, 1.82) is 0 Å². The number of aryl methyl sites for hydroxylation is 1. The number of benzene rings is 2. The first-order valence-electron chi connectivity index (χ1n) is 11.9. The Balaban J connectivity index is 1.75. The standard InChI is InChI=1S/C26H37N5O3/c1-5-27-12-13-28-25(33)17-30(24-14-21(20(3)32)11-10-19(24)2)18-26(34)29(4)31-15-22-8-6-7-9-23(22)16-31/h6-11,14,20,27,32H,5,12-13,15-18H2,1-4H3,(H,28,33). The highest BCUT2D eigenvalue weighted by molar-refractivity contribution is 5.86. The number of aliphatic hydroxyl groups is 1. The van der Waals surface area contributed by atoms with Crippen molar-refractivity contribution in [3.63, 3.8) is 0 Å². The number of rotatable bonds is 11. The third kappa shape index (κ3) is 6.56. The minimum Gasteiger partial charge on any atom is -0.389 e. The molecule has 8 heteroatoms. The molecule has 3 rings (SSSR count). The second-order valence-corrected chi connectivity index (χ2v) is 8.79. The van der Waals surface area contributed by atoms with Crippen LogP contribution in [0.25, 0.3) is 0 Å². The van der Waals surface area contributed by atoms with Crippen LogP contribution in [0.4, 0.5) is 5.69 Å². The van der Waals surface area contributed by atoms with Crippen molar-refractivity contribution < 1.29 is 14.7 Å². The first-order chi connectivity index (χ1) is 16.3. The number of anilines is 1. The highest BCUT2D eigenvalue weighted by Crippen LogP contribution is 2.26. The quantitative estimate of drug-likeness (QED) is 0.438. The molecule has 0 radical (unpaired) electrons. The van der Waals surface area contributed by atoms with E-state index in [1.807, 2.05) is 49.2 Å². The van der Waals surface area contributed by atoms with E-state index in [1.54, 1.807) is 23.9 Å². The number of hydrogen-bond donors (Lipinski definition) is 3. The second-order valence-electron chi connectivity index (χ2n) is 8.79. The van der Waals surface area contributed by atoms with E-state index in [2.05, 4.69) is 22.8 Å². The predicted octanol–water partition coefficient (Wildman–Crippen LogP) is 1.97. The fourth-order valence-corrected chi connectivity index (χ4v) is 4.10. The summed E-state index contributed by atoms with van der Waals surface area (Å²) in [7, 11) is 1.78. The average Bonchev–Trinajstić information content (AvgIpc) is 3.25. The van der Waals surface area contributed by atoms with Gasteiger partial charge in [-0.25, -0.2) is 5.01 Å². The van der Waals surface area contributed by atoms with Gasteiger partial charge in [-0.1, -0.05) is 43.3 Å². The van der Waals surface area contributed by atoms with E-state index in [0.29, 0.717) is 26.2 Å². The van der Waals surface area contributed by atoms with Gasteiger partial charge >= 0.3 is 0 Å². The van der Waals surface area contributed by atoms with Gasteiger partial charge < -0.3 is 20.6 Å². The fraction of sp³-hybridized carbons (Fsp3) is 0.462. The fourth-order valence-electron chi connectivity index (χ4n) is 4.10. The molecule has 1 aliphatic rings. The average molecular weight is 468 g/mol. The van der Waals surface area contributed by atoms with Crippen molar-refractivity contribution in [2.75, 3.05) is 44.7 Å². The number of carbonyl (C=O) groups is 2. The Hall–Kier alpha value is -2.94. The molecule has 8 nitrogen and oxygen atoms in total. The summed E-state index contributed by atoms with van der Waals surface area (Å²) in [4.78, 5) is 27.8. The van der Waals surface area contributed by atoms with Crippen LogP contribution in [-0.2, 0) is 22.7 Å². The summed E-state index contributed by atoms with van der Waals surface area (Å²) < 4.78 is 0. The Morgan fingerprint density at radius 2 is 1.76 bits per heavy atom. The van der Waals surface area contributed by atoms with E-state index in [0.717, 1.165) is 23.4 Å². The molecule has 0 aliphatic carbocycles. The van der Waals surface area contributed by atoms with Gasteiger partial charge in [0.05, 0.1) is 19.2 Å². The highest BCUT2D eigenvalue weighted by Gasteiger charge is 2.27. The molecule has 1 aliphatic heterocycles. The summed E-state index contributed by atoms with van der Waals surface area (Å²) >= 11 is 0. The zero-order chi connectivity index (χ0) is 24.7. The minimum atomic E-state index is -0.642. The van der Waals surface area contributed by atoms with Crippen LogP contribution in [0.2, 0.25) is 0 Å². The van der Waals surface area contributed by atoms with Gasteiger partial charge in [-0.05, 0) is 48.7 Å². The lowest BCUT2D eigenvalue weighted by Crippen LogP contribution is -2.48. The Bertz CT molecular complexity index is 969. The molecule has 1 heterocycles. The largest absolute Gasteiger partial charge is 0.389 e. The number of nitrogens with zero attached hydrogens (tertiary/aromatic N) is 3. The van der Waals surface area contributed by atoms with E-state index >= 15 is 0 Å². The van der Waals surface area contributed by atoms with Gasteiger partial charge in [-0.3, -0.25) is 14.6 Å². The van der Waals surface area contributed by atoms with Gasteiger partial charge in [-0.15, -0.1) is 0 Å². The summed E-state index contributed by atoms with van der Waals surface area (Å²) in [6.45, 7) is 9.18. The number of carbonyl (C=O) groups excluding carboxylic acids is 2. The highest BCUT2D eigenvalue weighted by atomic mass is 16.3. The van der Waals surface area contributed by atoms with Crippen LogP contribution in [0.3, 0.4) is 0 Å².